The fourth-order valence-corrected chi connectivity index (χ4v) is 11.6. The van der Waals surface area contributed by atoms with E-state index in [0.717, 1.165) is 43.0 Å². The maximum absolute atomic E-state index is 12.9. The summed E-state index contributed by atoms with van der Waals surface area (Å²) in [6, 6.07) is 44.1. The summed E-state index contributed by atoms with van der Waals surface area (Å²) < 4.78 is 38.8. The van der Waals surface area contributed by atoms with Gasteiger partial charge < -0.3 is 4.55 Å². The van der Waals surface area contributed by atoms with Crippen molar-refractivity contribution in [2.24, 2.45) is 0 Å². The molecule has 186 valence electrons. The van der Waals surface area contributed by atoms with Gasteiger partial charge in [-0.05, 0) is 59.7 Å². The minimum absolute atomic E-state index is 0.157. The Morgan fingerprint density at radius 2 is 1.05 bits per heavy atom. The minimum atomic E-state index is -4.79. The molecule has 0 radical (unpaired) electrons. The molecule has 6 aromatic rings. The molecule has 3 nitrogen and oxygen atoms in total. The second-order valence-electron chi connectivity index (χ2n) is 9.43. The van der Waals surface area contributed by atoms with Crippen LogP contribution in [0.2, 0.25) is 0 Å². The molecule has 38 heavy (non-hydrogen) atoms. The van der Waals surface area contributed by atoms with Crippen LogP contribution in [-0.2, 0) is 10.1 Å². The standard InChI is InChI=1S/C33H25O3PS/c1-24-21-22-32(33(23-24)38(34,35)36)37(27-15-3-2-4-16-27,30-19-9-13-25-11-5-7-17-28(25)30)31-20-10-14-26-12-6-8-18-29(26)31/h2-23H,1H3. The highest BCUT2D eigenvalue weighted by molar-refractivity contribution is 8.03. The van der Waals surface area contributed by atoms with Crippen molar-refractivity contribution in [2.75, 3.05) is 0 Å². The SMILES string of the molecule is Cc1ccc([P+](c2ccccc2)(c2cccc3ccccc23)c2cccc3ccccc23)c(S(=O)(=O)[O-])c1. The third kappa shape index (κ3) is 3.93. The van der Waals surface area contributed by atoms with Crippen LogP contribution in [0.5, 0.6) is 0 Å². The number of rotatable bonds is 5. The van der Waals surface area contributed by atoms with E-state index in [1.165, 1.54) is 6.07 Å². The molecule has 0 N–H and O–H groups in total. The van der Waals surface area contributed by atoms with Gasteiger partial charge in [-0.1, -0.05) is 97.1 Å². The molecule has 0 saturated carbocycles. The first-order valence-corrected chi connectivity index (χ1v) is 15.6. The Morgan fingerprint density at radius 1 is 0.553 bits per heavy atom. The highest BCUT2D eigenvalue weighted by Gasteiger charge is 2.51. The zero-order chi connectivity index (χ0) is 26.3. The molecule has 0 fully saturated rings. The zero-order valence-electron chi connectivity index (χ0n) is 20.8. The van der Waals surface area contributed by atoms with Crippen LogP contribution in [0, 0.1) is 6.92 Å². The molecule has 0 saturated heterocycles. The Kier molecular flexibility index (Phi) is 6.12. The Morgan fingerprint density at radius 3 is 1.61 bits per heavy atom. The Hall–Kier alpha value is -3.82. The Labute approximate surface area is 223 Å². The lowest BCUT2D eigenvalue weighted by atomic mass is 10.1. The van der Waals surface area contributed by atoms with Crippen molar-refractivity contribution in [1.29, 1.82) is 0 Å². The second-order valence-corrected chi connectivity index (χ2v) is 14.1. The first kappa shape index (κ1) is 24.5. The van der Waals surface area contributed by atoms with Crippen LogP contribution in [0.1, 0.15) is 5.56 Å². The third-order valence-electron chi connectivity index (χ3n) is 7.15. The lowest BCUT2D eigenvalue weighted by Crippen LogP contribution is -2.41. The molecule has 0 aliphatic carbocycles. The highest BCUT2D eigenvalue weighted by atomic mass is 32.2. The number of aryl methyl sites for hydroxylation is 1. The van der Waals surface area contributed by atoms with Crippen molar-refractivity contribution in [3.05, 3.63) is 139 Å². The molecule has 0 bridgehead atoms. The zero-order valence-corrected chi connectivity index (χ0v) is 22.5. The molecule has 5 heteroatoms. The van der Waals surface area contributed by atoms with Gasteiger partial charge in [0.1, 0.15) is 38.6 Å². The summed E-state index contributed by atoms with van der Waals surface area (Å²) in [5, 5.41) is 7.77. The third-order valence-corrected chi connectivity index (χ3v) is 12.6. The van der Waals surface area contributed by atoms with E-state index in [-0.39, 0.29) is 4.90 Å². The van der Waals surface area contributed by atoms with Crippen LogP contribution in [0.4, 0.5) is 0 Å². The van der Waals surface area contributed by atoms with Crippen LogP contribution in [0.3, 0.4) is 0 Å². The van der Waals surface area contributed by atoms with E-state index in [9.17, 15) is 13.0 Å². The average molecular weight is 533 g/mol. The maximum Gasteiger partial charge on any atom is 0.146 e. The predicted molar refractivity (Wildman–Crippen MR) is 159 cm³/mol. The molecule has 0 spiro atoms. The van der Waals surface area contributed by atoms with Crippen molar-refractivity contribution in [3.63, 3.8) is 0 Å². The van der Waals surface area contributed by atoms with Crippen LogP contribution in [0.25, 0.3) is 21.5 Å². The lowest BCUT2D eigenvalue weighted by Gasteiger charge is -2.31. The van der Waals surface area contributed by atoms with E-state index in [4.69, 9.17) is 0 Å². The summed E-state index contributed by atoms with van der Waals surface area (Å²) in [6.07, 6.45) is 0. The first-order valence-electron chi connectivity index (χ1n) is 12.4. The summed E-state index contributed by atoms with van der Waals surface area (Å²) in [7, 11) is -7.72. The molecular formula is C33H25O3PS. The van der Waals surface area contributed by atoms with E-state index in [2.05, 4.69) is 60.7 Å². The predicted octanol–water partition coefficient (Wildman–Crippen LogP) is 5.82. The van der Waals surface area contributed by atoms with E-state index < -0.39 is 17.4 Å². The molecule has 0 atom stereocenters. The van der Waals surface area contributed by atoms with Gasteiger partial charge in [-0.2, -0.15) is 0 Å². The van der Waals surface area contributed by atoms with Gasteiger partial charge in [-0.15, -0.1) is 0 Å². The summed E-state index contributed by atoms with van der Waals surface area (Å²) in [4.78, 5) is -0.157. The molecule has 6 rings (SSSR count). The fraction of sp³-hybridized carbons (Fsp3) is 0.0303. The number of hydrogen-bond acceptors (Lipinski definition) is 3. The van der Waals surface area contributed by atoms with Gasteiger partial charge in [0, 0.05) is 10.8 Å². The summed E-state index contributed by atoms with van der Waals surface area (Å²) in [5.41, 5.74) is 0.727. The summed E-state index contributed by atoms with van der Waals surface area (Å²) in [6.45, 7) is 1.82. The van der Waals surface area contributed by atoms with Crippen molar-refractivity contribution >= 4 is 60.1 Å². The number of fused-ring (bicyclic) bond motifs is 2. The van der Waals surface area contributed by atoms with Gasteiger partial charge >= 0.3 is 0 Å². The maximum atomic E-state index is 12.9. The van der Waals surface area contributed by atoms with Crippen molar-refractivity contribution in [3.8, 4) is 0 Å². The van der Waals surface area contributed by atoms with Crippen LogP contribution in [-0.4, -0.2) is 13.0 Å². The largest absolute Gasteiger partial charge is 0.744 e. The molecular weight excluding hydrogens is 507 g/mol. The van der Waals surface area contributed by atoms with Gasteiger partial charge in [-0.25, -0.2) is 8.42 Å². The molecule has 0 amide bonds. The van der Waals surface area contributed by atoms with Crippen molar-refractivity contribution in [2.45, 2.75) is 11.8 Å². The van der Waals surface area contributed by atoms with Gasteiger partial charge in [-0.3, -0.25) is 0 Å². The molecule has 0 heterocycles. The number of benzene rings is 6. The molecule has 0 aliphatic heterocycles. The molecule has 0 aromatic heterocycles. The van der Waals surface area contributed by atoms with E-state index >= 15 is 0 Å². The van der Waals surface area contributed by atoms with Gasteiger partial charge in [0.05, 0.1) is 4.90 Å². The lowest BCUT2D eigenvalue weighted by molar-refractivity contribution is 0.463. The van der Waals surface area contributed by atoms with Crippen molar-refractivity contribution in [1.82, 2.24) is 0 Å². The Balaban J connectivity index is 1.94. The molecule has 0 unspecified atom stereocenters. The summed E-state index contributed by atoms with van der Waals surface area (Å²) >= 11 is 0. The Bertz CT molecular complexity index is 1820. The average Bonchev–Trinajstić information content (AvgIpc) is 2.94. The summed E-state index contributed by atoms with van der Waals surface area (Å²) in [5.74, 6) is 0. The minimum Gasteiger partial charge on any atom is -0.744 e. The molecule has 0 aliphatic rings. The van der Waals surface area contributed by atoms with Crippen LogP contribution in [0.15, 0.2) is 138 Å². The van der Waals surface area contributed by atoms with Gasteiger partial charge in [0.2, 0.25) is 0 Å². The smallest absolute Gasteiger partial charge is 0.146 e. The van der Waals surface area contributed by atoms with E-state index in [1.54, 1.807) is 0 Å². The van der Waals surface area contributed by atoms with Gasteiger partial charge in [0.15, 0.2) is 0 Å². The van der Waals surface area contributed by atoms with E-state index in [0.29, 0.717) is 5.30 Å². The van der Waals surface area contributed by atoms with Crippen molar-refractivity contribution < 1.29 is 13.0 Å². The van der Waals surface area contributed by atoms with Crippen LogP contribution >= 0.6 is 7.26 Å². The number of hydrogen-bond donors (Lipinski definition) is 0. The van der Waals surface area contributed by atoms with E-state index in [1.807, 2.05) is 73.7 Å². The highest BCUT2D eigenvalue weighted by Crippen LogP contribution is 2.57. The topological polar surface area (TPSA) is 57.2 Å². The quantitative estimate of drug-likeness (QED) is 0.208. The second kappa shape index (κ2) is 9.49. The monoisotopic (exact) mass is 532 g/mol. The fourth-order valence-electron chi connectivity index (χ4n) is 5.56. The first-order chi connectivity index (χ1) is 18.4. The van der Waals surface area contributed by atoms with Gasteiger partial charge in [0.25, 0.3) is 0 Å². The normalized spacial score (nSPS) is 12.2. The van der Waals surface area contributed by atoms with Crippen LogP contribution < -0.4 is 21.2 Å². The molecule has 6 aromatic carbocycles.